The van der Waals surface area contributed by atoms with E-state index in [0.717, 1.165) is 5.01 Å². The fourth-order valence-corrected chi connectivity index (χ4v) is 1.15. The number of rotatable bonds is 4. The van der Waals surface area contributed by atoms with Crippen LogP contribution in [0.4, 0.5) is 0 Å². The standard InChI is InChI=1S/C7H12N2OS/c1-6(2)10-9-5-7-8-3-4-11-7/h3-4,6,9H,5H2,1-2H3. The molecule has 0 saturated carbocycles. The largest absolute Gasteiger partial charge is 0.299 e. The van der Waals surface area contributed by atoms with Gasteiger partial charge in [-0.1, -0.05) is 0 Å². The van der Waals surface area contributed by atoms with Gasteiger partial charge >= 0.3 is 0 Å². The summed E-state index contributed by atoms with van der Waals surface area (Å²) < 4.78 is 0. The Hall–Kier alpha value is -0.450. The maximum atomic E-state index is 5.13. The van der Waals surface area contributed by atoms with E-state index in [4.69, 9.17) is 4.84 Å². The van der Waals surface area contributed by atoms with Gasteiger partial charge in [0.15, 0.2) is 0 Å². The van der Waals surface area contributed by atoms with Gasteiger partial charge in [-0.05, 0) is 13.8 Å². The lowest BCUT2D eigenvalue weighted by Gasteiger charge is -2.05. The number of hydrogen-bond donors (Lipinski definition) is 1. The Bertz CT molecular complexity index is 186. The number of nitrogens with zero attached hydrogens (tertiary/aromatic N) is 1. The quantitative estimate of drug-likeness (QED) is 0.700. The fraction of sp³-hybridized carbons (Fsp3) is 0.571. The summed E-state index contributed by atoms with van der Waals surface area (Å²) in [5.41, 5.74) is 2.84. The Balaban J connectivity index is 2.14. The molecule has 1 rings (SSSR count). The van der Waals surface area contributed by atoms with Gasteiger partial charge in [0.25, 0.3) is 0 Å². The molecule has 0 aliphatic heterocycles. The summed E-state index contributed by atoms with van der Waals surface area (Å²) >= 11 is 1.62. The third kappa shape index (κ3) is 3.46. The minimum Gasteiger partial charge on any atom is -0.299 e. The molecule has 0 radical (unpaired) electrons. The van der Waals surface area contributed by atoms with Crippen LogP contribution in [0.5, 0.6) is 0 Å². The van der Waals surface area contributed by atoms with Crippen LogP contribution in [0.15, 0.2) is 11.6 Å². The lowest BCUT2D eigenvalue weighted by atomic mass is 10.5. The second kappa shape index (κ2) is 4.43. The van der Waals surface area contributed by atoms with E-state index in [0.29, 0.717) is 6.54 Å². The average Bonchev–Trinajstić information content (AvgIpc) is 2.39. The van der Waals surface area contributed by atoms with Crippen molar-refractivity contribution >= 4 is 11.3 Å². The highest BCUT2D eigenvalue weighted by Crippen LogP contribution is 2.02. The van der Waals surface area contributed by atoms with Crippen LogP contribution in [0.1, 0.15) is 18.9 Å². The van der Waals surface area contributed by atoms with Crippen molar-refractivity contribution in [1.82, 2.24) is 10.5 Å². The smallest absolute Gasteiger partial charge is 0.109 e. The maximum absolute atomic E-state index is 5.13. The van der Waals surface area contributed by atoms with E-state index in [1.807, 2.05) is 19.2 Å². The van der Waals surface area contributed by atoms with Gasteiger partial charge in [-0.15, -0.1) is 11.3 Å². The third-order valence-corrected chi connectivity index (χ3v) is 1.81. The van der Waals surface area contributed by atoms with Crippen molar-refractivity contribution in [2.45, 2.75) is 26.5 Å². The second-order valence-electron chi connectivity index (χ2n) is 2.41. The molecule has 0 saturated heterocycles. The molecule has 62 valence electrons. The normalized spacial score (nSPS) is 10.8. The monoisotopic (exact) mass is 172 g/mol. The van der Waals surface area contributed by atoms with Gasteiger partial charge in [0.05, 0.1) is 12.6 Å². The molecule has 1 aromatic rings. The van der Waals surface area contributed by atoms with Crippen molar-refractivity contribution in [3.05, 3.63) is 16.6 Å². The molecule has 0 atom stereocenters. The number of aromatic nitrogens is 1. The Kier molecular flexibility index (Phi) is 3.48. The van der Waals surface area contributed by atoms with E-state index in [2.05, 4.69) is 10.5 Å². The van der Waals surface area contributed by atoms with Crippen LogP contribution in [0, 0.1) is 0 Å². The van der Waals surface area contributed by atoms with Gasteiger partial charge in [-0.3, -0.25) is 4.84 Å². The number of hydroxylamine groups is 1. The van der Waals surface area contributed by atoms with Crippen molar-refractivity contribution in [2.75, 3.05) is 0 Å². The Morgan fingerprint density at radius 1 is 1.73 bits per heavy atom. The first kappa shape index (κ1) is 8.64. The van der Waals surface area contributed by atoms with Gasteiger partial charge in [0.2, 0.25) is 0 Å². The lowest BCUT2D eigenvalue weighted by Crippen LogP contribution is -2.18. The summed E-state index contributed by atoms with van der Waals surface area (Å²) in [7, 11) is 0. The van der Waals surface area contributed by atoms with Crippen molar-refractivity contribution in [3.8, 4) is 0 Å². The summed E-state index contributed by atoms with van der Waals surface area (Å²) in [5, 5.41) is 3.00. The number of nitrogens with one attached hydrogen (secondary N) is 1. The molecular formula is C7H12N2OS. The fourth-order valence-electron chi connectivity index (χ4n) is 0.610. The summed E-state index contributed by atoms with van der Waals surface area (Å²) in [5.74, 6) is 0. The molecule has 0 aliphatic carbocycles. The van der Waals surface area contributed by atoms with Crippen molar-refractivity contribution in [1.29, 1.82) is 0 Å². The van der Waals surface area contributed by atoms with E-state index in [1.54, 1.807) is 17.5 Å². The highest BCUT2D eigenvalue weighted by atomic mass is 32.1. The first-order valence-corrected chi connectivity index (χ1v) is 4.44. The molecule has 1 heterocycles. The molecule has 0 fully saturated rings. The summed E-state index contributed by atoms with van der Waals surface area (Å²) in [4.78, 5) is 9.22. The zero-order valence-corrected chi connectivity index (χ0v) is 7.52. The molecule has 3 nitrogen and oxygen atoms in total. The van der Waals surface area contributed by atoms with Gasteiger partial charge in [-0.25, -0.2) is 4.98 Å². The maximum Gasteiger partial charge on any atom is 0.109 e. The molecule has 0 amide bonds. The van der Waals surface area contributed by atoms with Crippen LogP contribution in [-0.4, -0.2) is 11.1 Å². The Morgan fingerprint density at radius 3 is 3.09 bits per heavy atom. The molecule has 0 spiro atoms. The van der Waals surface area contributed by atoms with E-state index < -0.39 is 0 Å². The summed E-state index contributed by atoms with van der Waals surface area (Å²) in [6.07, 6.45) is 2.01. The highest BCUT2D eigenvalue weighted by molar-refractivity contribution is 7.09. The van der Waals surface area contributed by atoms with Gasteiger partial charge in [0, 0.05) is 11.6 Å². The van der Waals surface area contributed by atoms with Crippen molar-refractivity contribution in [2.24, 2.45) is 0 Å². The van der Waals surface area contributed by atoms with E-state index in [1.165, 1.54) is 0 Å². The molecule has 0 aliphatic rings. The third-order valence-electron chi connectivity index (χ3n) is 1.03. The zero-order valence-electron chi connectivity index (χ0n) is 6.70. The van der Waals surface area contributed by atoms with Gasteiger partial charge in [0.1, 0.15) is 5.01 Å². The van der Waals surface area contributed by atoms with E-state index in [9.17, 15) is 0 Å². The molecular weight excluding hydrogens is 160 g/mol. The topological polar surface area (TPSA) is 34.1 Å². The highest BCUT2D eigenvalue weighted by Gasteiger charge is 1.95. The summed E-state index contributed by atoms with van der Waals surface area (Å²) in [6, 6.07) is 0. The van der Waals surface area contributed by atoms with Crippen LogP contribution < -0.4 is 5.48 Å². The first-order chi connectivity index (χ1) is 5.29. The molecule has 11 heavy (non-hydrogen) atoms. The average molecular weight is 172 g/mol. The minimum absolute atomic E-state index is 0.218. The van der Waals surface area contributed by atoms with Crippen LogP contribution in [0.2, 0.25) is 0 Å². The lowest BCUT2D eigenvalue weighted by molar-refractivity contribution is -0.00885. The van der Waals surface area contributed by atoms with E-state index >= 15 is 0 Å². The molecule has 1 aromatic heterocycles. The zero-order chi connectivity index (χ0) is 8.10. The van der Waals surface area contributed by atoms with Crippen LogP contribution in [0.3, 0.4) is 0 Å². The number of thiazole rings is 1. The van der Waals surface area contributed by atoms with Crippen molar-refractivity contribution in [3.63, 3.8) is 0 Å². The molecule has 0 aromatic carbocycles. The first-order valence-electron chi connectivity index (χ1n) is 3.56. The molecule has 0 unspecified atom stereocenters. The van der Waals surface area contributed by atoms with Crippen LogP contribution in [-0.2, 0) is 11.4 Å². The SMILES string of the molecule is CC(C)ONCc1nccs1. The van der Waals surface area contributed by atoms with Crippen LogP contribution in [0.25, 0.3) is 0 Å². The second-order valence-corrected chi connectivity index (χ2v) is 3.39. The van der Waals surface area contributed by atoms with Crippen molar-refractivity contribution < 1.29 is 4.84 Å². The van der Waals surface area contributed by atoms with Gasteiger partial charge < -0.3 is 0 Å². The number of hydrogen-bond acceptors (Lipinski definition) is 4. The van der Waals surface area contributed by atoms with Gasteiger partial charge in [-0.2, -0.15) is 5.48 Å². The predicted molar refractivity (Wildman–Crippen MR) is 45.2 cm³/mol. The van der Waals surface area contributed by atoms with E-state index in [-0.39, 0.29) is 6.10 Å². The Labute approximate surface area is 70.4 Å². The molecule has 4 heteroatoms. The molecule has 1 N–H and O–H groups in total. The predicted octanol–water partition coefficient (Wildman–Crippen LogP) is 1.57. The van der Waals surface area contributed by atoms with Crippen LogP contribution >= 0.6 is 11.3 Å². The Morgan fingerprint density at radius 2 is 2.55 bits per heavy atom. The minimum atomic E-state index is 0.218. The molecule has 0 bridgehead atoms. The summed E-state index contributed by atoms with van der Waals surface area (Å²) in [6.45, 7) is 4.65.